The number of thiazole rings is 1. The van der Waals surface area contributed by atoms with Crippen molar-refractivity contribution in [3.05, 3.63) is 107 Å². The smallest absolute Gasteiger partial charge is 0.243 e. The summed E-state index contributed by atoms with van der Waals surface area (Å²) in [6, 6.07) is 27.5. The zero-order valence-electron chi connectivity index (χ0n) is 21.3. The van der Waals surface area contributed by atoms with Crippen LogP contribution in [-0.2, 0) is 27.7 Å². The largest absolute Gasteiger partial charge is 0.379 e. The summed E-state index contributed by atoms with van der Waals surface area (Å²) in [7, 11) is -3.55. The van der Waals surface area contributed by atoms with Crippen molar-refractivity contribution in [1.29, 1.82) is 0 Å². The number of hydrogen-bond donors (Lipinski definition) is 0. The van der Waals surface area contributed by atoms with E-state index in [0.29, 0.717) is 38.5 Å². The number of benzene rings is 3. The van der Waals surface area contributed by atoms with E-state index in [1.807, 2.05) is 24.4 Å². The third-order valence-electron chi connectivity index (χ3n) is 6.85. The molecule has 9 heteroatoms. The summed E-state index contributed by atoms with van der Waals surface area (Å²) in [6.45, 7) is 2.29. The first-order chi connectivity index (χ1) is 19.1. The standard InChI is InChI=1S/C30H28N4O3S2/c35-39(36,33-18-20-37-21-19-33)26-13-11-25(12-14-26)32-30-34(17-15-24-8-3-4-16-31-24)29(22-38-30)28-10-5-7-23-6-1-2-9-27(23)28/h1-14,16,22H,15,17-21H2. The molecule has 0 unspecified atom stereocenters. The van der Waals surface area contributed by atoms with Crippen molar-refractivity contribution in [3.63, 3.8) is 0 Å². The average molecular weight is 557 g/mol. The minimum atomic E-state index is -3.55. The molecular weight excluding hydrogens is 528 g/mol. The number of hydrogen-bond acceptors (Lipinski definition) is 6. The van der Waals surface area contributed by atoms with Gasteiger partial charge in [0.15, 0.2) is 4.80 Å². The Labute approximate surface area is 231 Å². The number of pyridine rings is 1. The molecule has 39 heavy (non-hydrogen) atoms. The number of ether oxygens (including phenoxy) is 1. The van der Waals surface area contributed by atoms with Crippen LogP contribution in [0.3, 0.4) is 0 Å². The van der Waals surface area contributed by atoms with Crippen LogP contribution in [0.25, 0.3) is 22.0 Å². The van der Waals surface area contributed by atoms with E-state index in [9.17, 15) is 8.42 Å². The minimum absolute atomic E-state index is 0.272. The van der Waals surface area contributed by atoms with Crippen LogP contribution in [-0.4, -0.2) is 48.6 Å². The summed E-state index contributed by atoms with van der Waals surface area (Å²) in [6.07, 6.45) is 2.58. The van der Waals surface area contributed by atoms with Gasteiger partial charge in [0, 0.05) is 48.9 Å². The molecular formula is C30H28N4O3S2. The lowest BCUT2D eigenvalue weighted by molar-refractivity contribution is 0.0730. The molecule has 1 aliphatic rings. The molecule has 7 nitrogen and oxygen atoms in total. The van der Waals surface area contributed by atoms with E-state index in [-0.39, 0.29) is 4.90 Å². The molecule has 6 rings (SSSR count). The van der Waals surface area contributed by atoms with Gasteiger partial charge in [-0.25, -0.2) is 13.4 Å². The monoisotopic (exact) mass is 556 g/mol. The topological polar surface area (TPSA) is 76.8 Å². The van der Waals surface area contributed by atoms with Crippen molar-refractivity contribution in [3.8, 4) is 11.3 Å². The molecule has 1 fully saturated rings. The highest BCUT2D eigenvalue weighted by Crippen LogP contribution is 2.29. The summed E-state index contributed by atoms with van der Waals surface area (Å²) in [5.74, 6) is 0. The summed E-state index contributed by atoms with van der Waals surface area (Å²) in [5.41, 5.74) is 3.97. The molecule has 0 saturated carbocycles. The fraction of sp³-hybridized carbons (Fsp3) is 0.200. The summed E-state index contributed by atoms with van der Waals surface area (Å²) in [5, 5.41) is 4.53. The number of sulfonamides is 1. The van der Waals surface area contributed by atoms with Crippen LogP contribution in [0.15, 0.2) is 106 Å². The SMILES string of the molecule is O=S(=O)(c1ccc(N=c2scc(-c3cccc4ccccc34)n2CCc2ccccn2)cc1)N1CCOCC1. The van der Waals surface area contributed by atoms with Gasteiger partial charge in [-0.2, -0.15) is 4.31 Å². The Balaban J connectivity index is 1.38. The predicted molar refractivity (Wildman–Crippen MR) is 154 cm³/mol. The first-order valence-electron chi connectivity index (χ1n) is 12.9. The van der Waals surface area contributed by atoms with Gasteiger partial charge in [-0.1, -0.05) is 48.5 Å². The fourth-order valence-electron chi connectivity index (χ4n) is 4.81. The van der Waals surface area contributed by atoms with E-state index in [1.54, 1.807) is 35.6 Å². The van der Waals surface area contributed by atoms with Crippen LogP contribution in [0.5, 0.6) is 0 Å². The first kappa shape index (κ1) is 25.6. The second-order valence-corrected chi connectivity index (χ2v) is 12.0. The second kappa shape index (κ2) is 11.2. The van der Waals surface area contributed by atoms with E-state index in [4.69, 9.17) is 9.73 Å². The van der Waals surface area contributed by atoms with Crippen LogP contribution in [0.4, 0.5) is 5.69 Å². The Hall–Kier alpha value is -3.63. The van der Waals surface area contributed by atoms with Gasteiger partial charge in [0.25, 0.3) is 0 Å². The Morgan fingerprint density at radius 3 is 2.46 bits per heavy atom. The molecule has 0 radical (unpaired) electrons. The molecule has 0 bridgehead atoms. The van der Waals surface area contributed by atoms with Crippen molar-refractivity contribution in [2.75, 3.05) is 26.3 Å². The lowest BCUT2D eigenvalue weighted by Gasteiger charge is -2.26. The number of aryl methyl sites for hydroxylation is 1. The van der Waals surface area contributed by atoms with Crippen LogP contribution >= 0.6 is 11.3 Å². The zero-order valence-corrected chi connectivity index (χ0v) is 22.9. The van der Waals surface area contributed by atoms with Crippen molar-refractivity contribution in [2.24, 2.45) is 4.99 Å². The van der Waals surface area contributed by atoms with Gasteiger partial charge in [-0.05, 0) is 47.2 Å². The van der Waals surface area contributed by atoms with E-state index in [2.05, 4.69) is 57.4 Å². The Morgan fingerprint density at radius 1 is 0.897 bits per heavy atom. The van der Waals surface area contributed by atoms with E-state index < -0.39 is 10.0 Å². The lowest BCUT2D eigenvalue weighted by atomic mass is 10.0. The Bertz CT molecular complexity index is 1750. The van der Waals surface area contributed by atoms with Gasteiger partial charge in [-0.3, -0.25) is 4.98 Å². The van der Waals surface area contributed by atoms with Gasteiger partial charge in [0.2, 0.25) is 10.0 Å². The normalized spacial score (nSPS) is 15.1. The number of fused-ring (bicyclic) bond motifs is 1. The predicted octanol–water partition coefficient (Wildman–Crippen LogP) is 5.26. The maximum atomic E-state index is 13.0. The molecule has 3 heterocycles. The third-order valence-corrected chi connectivity index (χ3v) is 9.63. The highest BCUT2D eigenvalue weighted by molar-refractivity contribution is 7.89. The van der Waals surface area contributed by atoms with E-state index in [1.165, 1.54) is 15.1 Å². The van der Waals surface area contributed by atoms with Crippen molar-refractivity contribution >= 4 is 37.8 Å². The third kappa shape index (κ3) is 5.44. The maximum Gasteiger partial charge on any atom is 0.243 e. The molecule has 198 valence electrons. The highest BCUT2D eigenvalue weighted by atomic mass is 32.2. The average Bonchev–Trinajstić information content (AvgIpc) is 3.39. The van der Waals surface area contributed by atoms with Crippen LogP contribution < -0.4 is 4.80 Å². The number of rotatable bonds is 7. The van der Waals surface area contributed by atoms with Gasteiger partial charge >= 0.3 is 0 Å². The Kier molecular flexibility index (Phi) is 7.38. The lowest BCUT2D eigenvalue weighted by Crippen LogP contribution is -2.40. The van der Waals surface area contributed by atoms with Crippen LogP contribution in [0.2, 0.25) is 0 Å². The summed E-state index contributed by atoms with van der Waals surface area (Å²) >= 11 is 1.58. The van der Waals surface area contributed by atoms with Crippen molar-refractivity contribution in [1.82, 2.24) is 13.9 Å². The first-order valence-corrected chi connectivity index (χ1v) is 15.2. The van der Waals surface area contributed by atoms with Gasteiger partial charge in [-0.15, -0.1) is 11.3 Å². The molecule has 1 saturated heterocycles. The quantitative estimate of drug-likeness (QED) is 0.274. The van der Waals surface area contributed by atoms with Crippen LogP contribution in [0.1, 0.15) is 5.69 Å². The fourth-order valence-corrected chi connectivity index (χ4v) is 7.16. The van der Waals surface area contributed by atoms with Crippen LogP contribution in [0, 0.1) is 0 Å². The number of nitrogens with zero attached hydrogens (tertiary/aromatic N) is 4. The second-order valence-electron chi connectivity index (χ2n) is 9.28. The van der Waals surface area contributed by atoms with Gasteiger partial charge in [0.1, 0.15) is 0 Å². The van der Waals surface area contributed by atoms with Crippen molar-refractivity contribution < 1.29 is 13.2 Å². The molecule has 5 aromatic rings. The minimum Gasteiger partial charge on any atom is -0.379 e. The molecule has 0 aliphatic carbocycles. The molecule has 0 N–H and O–H groups in total. The molecule has 3 aromatic carbocycles. The van der Waals surface area contributed by atoms with Crippen molar-refractivity contribution in [2.45, 2.75) is 17.9 Å². The molecule has 0 atom stereocenters. The maximum absolute atomic E-state index is 13.0. The summed E-state index contributed by atoms with van der Waals surface area (Å²) < 4.78 is 35.1. The Morgan fingerprint density at radius 2 is 1.67 bits per heavy atom. The van der Waals surface area contributed by atoms with E-state index in [0.717, 1.165) is 28.2 Å². The molecule has 0 amide bonds. The molecule has 1 aliphatic heterocycles. The van der Waals surface area contributed by atoms with Gasteiger partial charge in [0.05, 0.1) is 29.5 Å². The van der Waals surface area contributed by atoms with E-state index >= 15 is 0 Å². The molecule has 2 aromatic heterocycles. The molecule has 0 spiro atoms. The number of aromatic nitrogens is 2. The zero-order chi connectivity index (χ0) is 26.7. The summed E-state index contributed by atoms with van der Waals surface area (Å²) in [4.78, 5) is 10.6. The van der Waals surface area contributed by atoms with Gasteiger partial charge < -0.3 is 9.30 Å². The highest BCUT2D eigenvalue weighted by Gasteiger charge is 2.26. The number of morpholine rings is 1.